The smallest absolute Gasteiger partial charge is 0.204 e. The number of hydrogen-bond acceptors (Lipinski definition) is 2. The molecule has 0 amide bonds. The van der Waals surface area contributed by atoms with Crippen molar-refractivity contribution in [1.82, 2.24) is 4.57 Å². The molecule has 0 unspecified atom stereocenters. The molecule has 0 aliphatic carbocycles. The van der Waals surface area contributed by atoms with E-state index in [4.69, 9.17) is 4.43 Å². The van der Waals surface area contributed by atoms with E-state index in [0.29, 0.717) is 6.61 Å². The van der Waals surface area contributed by atoms with Crippen LogP contribution in [0, 0.1) is 11.5 Å². The van der Waals surface area contributed by atoms with Crippen LogP contribution in [0.2, 0.25) is 31.2 Å². The van der Waals surface area contributed by atoms with Crippen LogP contribution in [-0.4, -0.2) is 40.8 Å². The largest absolute Gasteiger partial charge is 0.406 e. The van der Waals surface area contributed by atoms with Crippen LogP contribution in [0.1, 0.15) is 34.6 Å². The van der Waals surface area contributed by atoms with Gasteiger partial charge in [-0.2, -0.15) is 0 Å². The zero-order chi connectivity index (χ0) is 15.3. The maximum absolute atomic E-state index is 6.11. The van der Waals surface area contributed by atoms with Gasteiger partial charge in [0.05, 0.1) is 6.61 Å². The Morgan fingerprint density at radius 3 is 1.84 bits per heavy atom. The standard InChI is InChI=1S/C15H33NOSi2/c1-10-16(11-2)18(6,7)14-12-13-17-19(8,9)15(3,4)5/h10-11,13H2,1-9H3. The first-order chi connectivity index (χ1) is 8.48. The van der Waals surface area contributed by atoms with Crippen molar-refractivity contribution >= 4 is 16.6 Å². The fourth-order valence-electron chi connectivity index (χ4n) is 1.78. The normalized spacial score (nSPS) is 13.4. The Bertz CT molecular complexity index is 330. The molecule has 2 nitrogen and oxygen atoms in total. The zero-order valence-electron chi connectivity index (χ0n) is 14.5. The van der Waals surface area contributed by atoms with E-state index in [0.717, 1.165) is 13.1 Å². The molecule has 0 aliphatic rings. The first kappa shape index (κ1) is 18.9. The molecule has 0 heterocycles. The fourth-order valence-corrected chi connectivity index (χ4v) is 4.89. The predicted octanol–water partition coefficient (Wildman–Crippen LogP) is 4.10. The second-order valence-corrected chi connectivity index (χ2v) is 15.9. The molecule has 0 N–H and O–H groups in total. The molecule has 19 heavy (non-hydrogen) atoms. The summed E-state index contributed by atoms with van der Waals surface area (Å²) < 4.78 is 8.61. The lowest BCUT2D eigenvalue weighted by molar-refractivity contribution is 0.334. The highest BCUT2D eigenvalue weighted by Gasteiger charge is 2.36. The SMILES string of the molecule is CCN(CC)[Si](C)(C)C#CCO[Si](C)(C)C(C)(C)C. The zero-order valence-corrected chi connectivity index (χ0v) is 16.5. The molecule has 0 fully saturated rings. The molecule has 112 valence electrons. The van der Waals surface area contributed by atoms with Gasteiger partial charge >= 0.3 is 0 Å². The molecule has 0 radical (unpaired) electrons. The van der Waals surface area contributed by atoms with Crippen LogP contribution in [0.25, 0.3) is 0 Å². The quantitative estimate of drug-likeness (QED) is 0.560. The van der Waals surface area contributed by atoms with Crippen molar-refractivity contribution in [1.29, 1.82) is 0 Å². The molecule has 0 aliphatic heterocycles. The average Bonchev–Trinajstić information content (AvgIpc) is 2.24. The van der Waals surface area contributed by atoms with Gasteiger partial charge in [0.25, 0.3) is 0 Å². The highest BCUT2D eigenvalue weighted by atomic mass is 28.4. The van der Waals surface area contributed by atoms with Crippen molar-refractivity contribution in [3.63, 3.8) is 0 Å². The molecule has 0 spiro atoms. The van der Waals surface area contributed by atoms with Crippen LogP contribution >= 0.6 is 0 Å². The summed E-state index contributed by atoms with van der Waals surface area (Å²) in [7, 11) is -3.21. The highest BCUT2D eigenvalue weighted by Crippen LogP contribution is 2.36. The number of hydrogen-bond donors (Lipinski definition) is 0. The van der Waals surface area contributed by atoms with Gasteiger partial charge < -0.3 is 8.99 Å². The number of rotatable bonds is 5. The van der Waals surface area contributed by atoms with Crippen molar-refractivity contribution in [2.24, 2.45) is 0 Å². The van der Waals surface area contributed by atoms with E-state index in [-0.39, 0.29) is 5.04 Å². The molecule has 0 aromatic rings. The first-order valence-corrected chi connectivity index (χ1v) is 13.2. The Kier molecular flexibility index (Phi) is 7.04. The summed E-state index contributed by atoms with van der Waals surface area (Å²) in [6.45, 7) is 23.2. The van der Waals surface area contributed by atoms with Gasteiger partial charge in [-0.25, -0.2) is 0 Å². The van der Waals surface area contributed by atoms with E-state index >= 15 is 0 Å². The van der Waals surface area contributed by atoms with Crippen molar-refractivity contribution in [2.75, 3.05) is 19.7 Å². The van der Waals surface area contributed by atoms with Crippen molar-refractivity contribution in [3.8, 4) is 11.5 Å². The van der Waals surface area contributed by atoms with E-state index in [9.17, 15) is 0 Å². The molecule has 0 aromatic carbocycles. The van der Waals surface area contributed by atoms with Gasteiger partial charge in [0, 0.05) is 0 Å². The number of nitrogens with zero attached hydrogens (tertiary/aromatic N) is 1. The van der Waals surface area contributed by atoms with Crippen LogP contribution in [-0.2, 0) is 4.43 Å². The Labute approximate surface area is 123 Å². The van der Waals surface area contributed by atoms with Gasteiger partial charge in [0.2, 0.25) is 8.24 Å². The summed E-state index contributed by atoms with van der Waals surface area (Å²) in [5.41, 5.74) is 3.50. The van der Waals surface area contributed by atoms with Gasteiger partial charge in [-0.05, 0) is 44.3 Å². The summed E-state index contributed by atoms with van der Waals surface area (Å²) in [5.74, 6) is 3.29. The molecule has 0 aromatic heterocycles. The third-order valence-corrected chi connectivity index (χ3v) is 11.7. The Morgan fingerprint density at radius 2 is 1.47 bits per heavy atom. The van der Waals surface area contributed by atoms with E-state index in [1.54, 1.807) is 0 Å². The van der Waals surface area contributed by atoms with Gasteiger partial charge in [0.1, 0.15) is 0 Å². The second kappa shape index (κ2) is 7.07. The summed E-state index contributed by atoms with van der Waals surface area (Å²) in [6.07, 6.45) is 0. The second-order valence-electron chi connectivity index (χ2n) is 7.08. The maximum Gasteiger partial charge on any atom is 0.204 e. The molecule has 0 saturated heterocycles. The van der Waals surface area contributed by atoms with E-state index in [1.165, 1.54) is 0 Å². The van der Waals surface area contributed by atoms with Crippen molar-refractivity contribution in [2.45, 2.75) is 65.8 Å². The minimum Gasteiger partial charge on any atom is -0.406 e. The van der Waals surface area contributed by atoms with E-state index in [2.05, 4.69) is 76.8 Å². The van der Waals surface area contributed by atoms with Gasteiger partial charge in [-0.15, -0.1) is 5.54 Å². The van der Waals surface area contributed by atoms with Crippen LogP contribution in [0.5, 0.6) is 0 Å². The third-order valence-electron chi connectivity index (χ3n) is 4.26. The monoisotopic (exact) mass is 299 g/mol. The minimum atomic E-state index is -1.65. The van der Waals surface area contributed by atoms with E-state index in [1.807, 2.05) is 0 Å². The summed E-state index contributed by atoms with van der Waals surface area (Å²) >= 11 is 0. The van der Waals surface area contributed by atoms with Crippen molar-refractivity contribution in [3.05, 3.63) is 0 Å². The molecule has 0 atom stereocenters. The summed E-state index contributed by atoms with van der Waals surface area (Å²) in [5, 5.41) is 0.264. The van der Waals surface area contributed by atoms with Crippen LogP contribution < -0.4 is 0 Å². The van der Waals surface area contributed by atoms with Crippen LogP contribution in [0.15, 0.2) is 0 Å². The topological polar surface area (TPSA) is 12.5 Å². The lowest BCUT2D eigenvalue weighted by Crippen LogP contribution is -2.47. The highest BCUT2D eigenvalue weighted by molar-refractivity contribution is 6.82. The van der Waals surface area contributed by atoms with Crippen LogP contribution in [0.4, 0.5) is 0 Å². The molecule has 0 saturated carbocycles. The van der Waals surface area contributed by atoms with Crippen LogP contribution in [0.3, 0.4) is 0 Å². The lowest BCUT2D eigenvalue weighted by Gasteiger charge is -2.35. The van der Waals surface area contributed by atoms with Crippen molar-refractivity contribution < 1.29 is 4.43 Å². The van der Waals surface area contributed by atoms with Gasteiger partial charge in [-0.1, -0.05) is 40.5 Å². The average molecular weight is 300 g/mol. The molecular formula is C15H33NOSi2. The predicted molar refractivity (Wildman–Crippen MR) is 91.3 cm³/mol. The first-order valence-electron chi connectivity index (χ1n) is 7.37. The maximum atomic E-state index is 6.11. The minimum absolute atomic E-state index is 0.264. The Hall–Kier alpha value is -0.0862. The third kappa shape index (κ3) is 5.82. The molecular weight excluding hydrogens is 266 g/mol. The fraction of sp³-hybridized carbons (Fsp3) is 0.867. The van der Waals surface area contributed by atoms with Gasteiger partial charge in [0.15, 0.2) is 8.32 Å². The van der Waals surface area contributed by atoms with Gasteiger partial charge in [-0.3, -0.25) is 0 Å². The molecule has 0 rings (SSSR count). The summed E-state index contributed by atoms with van der Waals surface area (Å²) in [4.78, 5) is 0. The molecule has 4 heteroatoms. The Morgan fingerprint density at radius 1 is 1.00 bits per heavy atom. The summed E-state index contributed by atoms with van der Waals surface area (Å²) in [6, 6.07) is 0. The molecule has 0 bridgehead atoms. The lowest BCUT2D eigenvalue weighted by atomic mass is 10.2. The Balaban J connectivity index is 4.56. The van der Waals surface area contributed by atoms with E-state index < -0.39 is 16.6 Å².